The number of nitrogens with one attached hydrogen (secondary N) is 2. The number of aliphatic hydroxyl groups excluding tert-OH is 1. The minimum atomic E-state index is -3.79. The van der Waals surface area contributed by atoms with Crippen LogP contribution >= 0.6 is 10.8 Å². The number of ether oxygens (including phenoxy) is 1. The lowest BCUT2D eigenvalue weighted by Crippen LogP contribution is -2.42. The van der Waals surface area contributed by atoms with Crippen LogP contribution in [0.4, 0.5) is 16.2 Å². The maximum absolute atomic E-state index is 14.0. The van der Waals surface area contributed by atoms with Gasteiger partial charge in [-0.2, -0.15) is 0 Å². The number of carbonyl (C=O) groups excluding carboxylic acids is 2. The quantitative estimate of drug-likeness (QED) is 0.271. The molecule has 1 aliphatic carbocycles. The SMILES string of the molecule is CC(C)CCC1(C)C(=O)C(C2=NS(O)(O)c3cc(NC(=O)OC(C)(C)C)ccc3N2)=C(O)c2ccccc21. The second-order valence-electron chi connectivity index (χ2n) is 11.3. The van der Waals surface area contributed by atoms with E-state index in [-0.39, 0.29) is 33.5 Å². The average Bonchev–Trinajstić information content (AvgIpc) is 2.80. The van der Waals surface area contributed by atoms with Crippen molar-refractivity contribution < 1.29 is 28.5 Å². The third-order valence-corrected chi connectivity index (χ3v) is 7.96. The molecule has 0 spiro atoms. The fourth-order valence-corrected chi connectivity index (χ4v) is 5.83. The van der Waals surface area contributed by atoms with Gasteiger partial charge in [0.25, 0.3) is 0 Å². The minimum absolute atomic E-state index is 0.0427. The number of aliphatic hydroxyl groups is 1. The van der Waals surface area contributed by atoms with E-state index in [9.17, 15) is 23.8 Å². The van der Waals surface area contributed by atoms with E-state index >= 15 is 0 Å². The zero-order valence-electron chi connectivity index (χ0n) is 22.5. The highest BCUT2D eigenvalue weighted by atomic mass is 32.3. The molecule has 0 radical (unpaired) electrons. The number of nitrogens with zero attached hydrogens (tertiary/aromatic N) is 1. The number of anilines is 2. The highest BCUT2D eigenvalue weighted by Crippen LogP contribution is 2.57. The standard InChI is InChI=1S/C28H35N3O6S/c1-16(2)13-14-28(6)19-10-8-7-9-18(19)23(32)22(24(28)33)25-30-20-12-11-17(15-21(20)38(35,36)31-25)29-26(34)37-27(3,4)5/h7-12,15-16,32,35-36H,13-14H2,1-6H3,(H,29,34)(H,30,31). The molecular formula is C28H35N3O6S. The van der Waals surface area contributed by atoms with Crippen LogP contribution in [0.2, 0.25) is 0 Å². The van der Waals surface area contributed by atoms with Gasteiger partial charge in [-0.3, -0.25) is 19.2 Å². The van der Waals surface area contributed by atoms with Gasteiger partial charge in [0, 0.05) is 11.3 Å². The fraction of sp³-hybridized carbons (Fsp3) is 0.393. The van der Waals surface area contributed by atoms with Gasteiger partial charge in [-0.1, -0.05) is 48.9 Å². The number of carbonyl (C=O) groups is 2. The van der Waals surface area contributed by atoms with Crippen LogP contribution in [0.5, 0.6) is 0 Å². The molecule has 2 aromatic rings. The van der Waals surface area contributed by atoms with E-state index in [2.05, 4.69) is 28.9 Å². The van der Waals surface area contributed by atoms with E-state index in [0.717, 1.165) is 12.0 Å². The molecule has 1 heterocycles. The fourth-order valence-electron chi connectivity index (χ4n) is 4.64. The predicted molar refractivity (Wildman–Crippen MR) is 151 cm³/mol. The van der Waals surface area contributed by atoms with E-state index in [1.54, 1.807) is 45.0 Å². The molecule has 2 aromatic carbocycles. The summed E-state index contributed by atoms with van der Waals surface area (Å²) in [6.07, 6.45) is 0.650. The van der Waals surface area contributed by atoms with Crippen molar-refractivity contribution >= 4 is 45.6 Å². The van der Waals surface area contributed by atoms with Crippen molar-refractivity contribution in [1.82, 2.24) is 0 Å². The molecule has 0 bridgehead atoms. The van der Waals surface area contributed by atoms with Crippen LogP contribution in [-0.2, 0) is 14.9 Å². The molecular weight excluding hydrogens is 506 g/mol. The van der Waals surface area contributed by atoms with Gasteiger partial charge in [0.15, 0.2) is 11.6 Å². The topological polar surface area (TPSA) is 140 Å². The second-order valence-corrected chi connectivity index (χ2v) is 12.9. The number of hydrogen-bond donors (Lipinski definition) is 5. The van der Waals surface area contributed by atoms with Gasteiger partial charge >= 0.3 is 6.09 Å². The summed E-state index contributed by atoms with van der Waals surface area (Å²) in [7, 11) is -3.79. The van der Waals surface area contributed by atoms with Crippen molar-refractivity contribution in [1.29, 1.82) is 0 Å². The zero-order valence-corrected chi connectivity index (χ0v) is 23.3. The number of benzene rings is 2. The summed E-state index contributed by atoms with van der Waals surface area (Å²) < 4.78 is 31.4. The normalized spacial score (nSPS) is 21.2. The molecule has 0 fully saturated rings. The highest BCUT2D eigenvalue weighted by Gasteiger charge is 2.46. The molecule has 0 saturated heterocycles. The summed E-state index contributed by atoms with van der Waals surface area (Å²) in [6.45, 7) is 11.2. The Hall–Kier alpha value is -3.34. The Morgan fingerprint density at radius 2 is 1.87 bits per heavy atom. The number of hydrogen-bond acceptors (Lipinski definition) is 8. The van der Waals surface area contributed by atoms with E-state index in [1.807, 2.05) is 19.1 Å². The first-order valence-corrected chi connectivity index (χ1v) is 14.0. The van der Waals surface area contributed by atoms with Crippen LogP contribution in [0.3, 0.4) is 0 Å². The Morgan fingerprint density at radius 3 is 2.53 bits per heavy atom. The van der Waals surface area contributed by atoms with Gasteiger partial charge in [-0.15, -0.1) is 4.40 Å². The molecule has 0 aromatic heterocycles. The third kappa shape index (κ3) is 5.29. The van der Waals surface area contributed by atoms with Crippen molar-refractivity contribution in [3.63, 3.8) is 0 Å². The molecule has 9 nitrogen and oxygen atoms in total. The molecule has 10 heteroatoms. The first-order valence-electron chi connectivity index (χ1n) is 12.5. The lowest BCUT2D eigenvalue weighted by Gasteiger charge is -2.39. The molecule has 38 heavy (non-hydrogen) atoms. The van der Waals surface area contributed by atoms with Gasteiger partial charge in [-0.05, 0) is 70.2 Å². The summed E-state index contributed by atoms with van der Waals surface area (Å²) in [5.41, 5.74) is 0.0931. The maximum atomic E-state index is 14.0. The van der Waals surface area contributed by atoms with Gasteiger partial charge in [-0.25, -0.2) is 4.79 Å². The molecule has 4 rings (SSSR count). The van der Waals surface area contributed by atoms with Gasteiger partial charge in [0.2, 0.25) is 0 Å². The Morgan fingerprint density at radius 1 is 1.18 bits per heavy atom. The van der Waals surface area contributed by atoms with Crippen LogP contribution in [0.1, 0.15) is 65.5 Å². The maximum Gasteiger partial charge on any atom is 0.412 e. The lowest BCUT2D eigenvalue weighted by atomic mass is 9.66. The van der Waals surface area contributed by atoms with Crippen molar-refractivity contribution in [3.05, 3.63) is 59.2 Å². The Balaban J connectivity index is 1.73. The second kappa shape index (κ2) is 9.76. The Labute approximate surface area is 224 Å². The number of amidine groups is 1. The molecule has 1 aliphatic heterocycles. The zero-order chi connectivity index (χ0) is 28.0. The van der Waals surface area contributed by atoms with Crippen molar-refractivity contribution in [2.75, 3.05) is 10.6 Å². The van der Waals surface area contributed by atoms with Crippen LogP contribution in [-0.4, -0.2) is 37.5 Å². The summed E-state index contributed by atoms with van der Waals surface area (Å²) in [4.78, 5) is 26.2. The van der Waals surface area contributed by atoms with Crippen molar-refractivity contribution in [2.45, 2.75) is 70.3 Å². The highest BCUT2D eigenvalue weighted by molar-refractivity contribution is 8.23. The van der Waals surface area contributed by atoms with Crippen molar-refractivity contribution in [3.8, 4) is 0 Å². The molecule has 1 atom stereocenters. The van der Waals surface area contributed by atoms with Crippen LogP contribution in [0, 0.1) is 5.92 Å². The molecule has 1 unspecified atom stereocenters. The summed E-state index contributed by atoms with van der Waals surface area (Å²) in [6, 6.07) is 11.7. The van der Waals surface area contributed by atoms with E-state index < -0.39 is 27.9 Å². The van der Waals surface area contributed by atoms with Crippen molar-refractivity contribution in [2.24, 2.45) is 10.3 Å². The minimum Gasteiger partial charge on any atom is -0.506 e. The number of rotatable bonds is 5. The van der Waals surface area contributed by atoms with Gasteiger partial charge in [0.05, 0.1) is 11.1 Å². The largest absolute Gasteiger partial charge is 0.506 e. The van der Waals surface area contributed by atoms with E-state index in [1.165, 1.54) is 6.07 Å². The van der Waals surface area contributed by atoms with Gasteiger partial charge in [0.1, 0.15) is 21.8 Å². The number of Topliss-reactive ketones (excluding diaryl/α,β-unsaturated/α-hetero) is 1. The average molecular weight is 542 g/mol. The predicted octanol–water partition coefficient (Wildman–Crippen LogP) is 7.13. The lowest BCUT2D eigenvalue weighted by molar-refractivity contribution is -0.120. The molecule has 2 aliphatic rings. The number of fused-ring (bicyclic) bond motifs is 2. The smallest absolute Gasteiger partial charge is 0.412 e. The first-order chi connectivity index (χ1) is 17.6. The number of amides is 1. The molecule has 5 N–H and O–H groups in total. The van der Waals surface area contributed by atoms with Crippen LogP contribution < -0.4 is 10.6 Å². The third-order valence-electron chi connectivity index (χ3n) is 6.59. The molecule has 204 valence electrons. The van der Waals surface area contributed by atoms with E-state index in [0.29, 0.717) is 23.6 Å². The van der Waals surface area contributed by atoms with E-state index in [4.69, 9.17) is 4.74 Å². The van der Waals surface area contributed by atoms with Gasteiger partial charge < -0.3 is 15.2 Å². The molecule has 1 amide bonds. The first kappa shape index (κ1) is 27.7. The molecule has 0 saturated carbocycles. The van der Waals surface area contributed by atoms with Crippen LogP contribution in [0.15, 0.2) is 57.3 Å². The summed E-state index contributed by atoms with van der Waals surface area (Å²) in [5, 5.41) is 16.8. The Bertz CT molecular complexity index is 1360. The van der Waals surface area contributed by atoms with Crippen LogP contribution in [0.25, 0.3) is 5.76 Å². The Kier molecular flexibility index (Phi) is 7.11. The monoisotopic (exact) mass is 541 g/mol. The summed E-state index contributed by atoms with van der Waals surface area (Å²) in [5.74, 6) is -0.358. The summed E-state index contributed by atoms with van der Waals surface area (Å²) >= 11 is 0. The number of ketones is 1.